The zero-order valence-electron chi connectivity index (χ0n) is 14.9. The van der Waals surface area contributed by atoms with Gasteiger partial charge in [-0.15, -0.1) is 0 Å². The van der Waals surface area contributed by atoms with Crippen molar-refractivity contribution in [2.24, 2.45) is 7.05 Å². The quantitative estimate of drug-likeness (QED) is 0.823. The number of hydrogen-bond donors (Lipinski definition) is 1. The molecule has 25 heavy (non-hydrogen) atoms. The summed E-state index contributed by atoms with van der Waals surface area (Å²) in [6, 6.07) is 9.63. The molecule has 2 heterocycles. The van der Waals surface area contributed by atoms with Crippen LogP contribution in [0.15, 0.2) is 36.5 Å². The average Bonchev–Trinajstić information content (AvgIpc) is 3.23. The number of nitrogens with one attached hydrogen (secondary N) is 1. The molecule has 1 aromatic carbocycles. The van der Waals surface area contributed by atoms with Crippen LogP contribution in [0.25, 0.3) is 0 Å². The van der Waals surface area contributed by atoms with Crippen molar-refractivity contribution in [3.63, 3.8) is 0 Å². The molecule has 0 aliphatic carbocycles. The Morgan fingerprint density at radius 3 is 2.40 bits per heavy atom. The predicted octanol–water partition coefficient (Wildman–Crippen LogP) is 3.12. The monoisotopic (exact) mass is 339 g/mol. The smallest absolute Gasteiger partial charge is 0.272 e. The second-order valence-corrected chi connectivity index (χ2v) is 6.73. The summed E-state index contributed by atoms with van der Waals surface area (Å²) in [5.74, 6) is -0.253. The lowest BCUT2D eigenvalue weighted by Gasteiger charge is -2.14. The number of benzene rings is 1. The lowest BCUT2D eigenvalue weighted by Crippen LogP contribution is -2.21. The highest BCUT2D eigenvalue weighted by atomic mass is 16.2. The van der Waals surface area contributed by atoms with Crippen LogP contribution in [0.3, 0.4) is 0 Å². The number of aryl methyl sites for hydroxylation is 1. The molecule has 1 fully saturated rings. The van der Waals surface area contributed by atoms with Crippen molar-refractivity contribution in [1.82, 2.24) is 9.47 Å². The third-order valence-corrected chi connectivity index (χ3v) is 4.77. The largest absolute Gasteiger partial charge is 0.346 e. The van der Waals surface area contributed by atoms with Crippen molar-refractivity contribution >= 4 is 17.4 Å². The standard InChI is InChI=1S/C20H25N3O2/c1-15(24)17-13-19(22(2)14-17)20(25)21-18-7-5-16(6-8-18)9-12-23-10-3-4-11-23/h5-8,13-14H,3-4,9-12H2,1-2H3,(H,21,25). The maximum absolute atomic E-state index is 12.4. The molecule has 2 aromatic rings. The Balaban J connectivity index is 1.59. The third-order valence-electron chi connectivity index (χ3n) is 4.77. The molecule has 132 valence electrons. The van der Waals surface area contributed by atoms with Crippen LogP contribution in [0, 0.1) is 0 Å². The van der Waals surface area contributed by atoms with E-state index in [9.17, 15) is 9.59 Å². The first-order valence-corrected chi connectivity index (χ1v) is 8.83. The minimum Gasteiger partial charge on any atom is -0.346 e. The van der Waals surface area contributed by atoms with E-state index in [1.807, 2.05) is 12.1 Å². The molecule has 0 unspecified atom stereocenters. The van der Waals surface area contributed by atoms with Crippen molar-refractivity contribution in [3.05, 3.63) is 53.3 Å². The first kappa shape index (κ1) is 17.4. The summed E-state index contributed by atoms with van der Waals surface area (Å²) in [5.41, 5.74) is 3.07. The number of anilines is 1. The fraction of sp³-hybridized carbons (Fsp3) is 0.400. The minimum absolute atomic E-state index is 0.0444. The number of aromatic nitrogens is 1. The van der Waals surface area contributed by atoms with Crippen LogP contribution in [0.2, 0.25) is 0 Å². The van der Waals surface area contributed by atoms with Gasteiger partial charge in [0.2, 0.25) is 0 Å². The van der Waals surface area contributed by atoms with E-state index in [2.05, 4.69) is 22.3 Å². The van der Waals surface area contributed by atoms with Gasteiger partial charge in [0.15, 0.2) is 5.78 Å². The molecule has 1 aliphatic heterocycles. The Bertz CT molecular complexity index is 756. The second kappa shape index (κ2) is 7.66. The van der Waals surface area contributed by atoms with Gasteiger partial charge < -0.3 is 14.8 Å². The van der Waals surface area contributed by atoms with E-state index < -0.39 is 0 Å². The number of carbonyl (C=O) groups is 2. The van der Waals surface area contributed by atoms with Crippen LogP contribution >= 0.6 is 0 Å². The van der Waals surface area contributed by atoms with Gasteiger partial charge >= 0.3 is 0 Å². The Morgan fingerprint density at radius 1 is 1.12 bits per heavy atom. The van der Waals surface area contributed by atoms with Crippen LogP contribution in [0.1, 0.15) is 46.2 Å². The Morgan fingerprint density at radius 2 is 1.80 bits per heavy atom. The van der Waals surface area contributed by atoms with E-state index in [1.54, 1.807) is 23.9 Å². The first-order valence-electron chi connectivity index (χ1n) is 8.83. The lowest BCUT2D eigenvalue weighted by atomic mass is 10.1. The third kappa shape index (κ3) is 4.37. The molecule has 5 nitrogen and oxygen atoms in total. The maximum atomic E-state index is 12.4. The van der Waals surface area contributed by atoms with Gasteiger partial charge in [0.1, 0.15) is 5.69 Å². The van der Waals surface area contributed by atoms with Crippen LogP contribution in [0.4, 0.5) is 5.69 Å². The SMILES string of the molecule is CC(=O)c1cc(C(=O)Nc2ccc(CCN3CCCC3)cc2)n(C)c1. The fourth-order valence-corrected chi connectivity index (χ4v) is 3.23. The summed E-state index contributed by atoms with van der Waals surface area (Å²) in [7, 11) is 1.77. The summed E-state index contributed by atoms with van der Waals surface area (Å²) in [6.07, 6.45) is 5.34. The molecule has 1 amide bonds. The zero-order valence-corrected chi connectivity index (χ0v) is 14.9. The van der Waals surface area contributed by atoms with Crippen molar-refractivity contribution in [3.8, 4) is 0 Å². The molecule has 1 N–H and O–H groups in total. The van der Waals surface area contributed by atoms with Crippen LogP contribution in [-0.4, -0.2) is 40.8 Å². The summed E-state index contributed by atoms with van der Waals surface area (Å²) in [5, 5.41) is 2.89. The molecule has 0 saturated carbocycles. The van der Waals surface area contributed by atoms with Gasteiger partial charge in [0, 0.05) is 31.0 Å². The van der Waals surface area contributed by atoms with E-state index in [-0.39, 0.29) is 11.7 Å². The maximum Gasteiger partial charge on any atom is 0.272 e. The van der Waals surface area contributed by atoms with Gasteiger partial charge in [0.25, 0.3) is 5.91 Å². The molecule has 5 heteroatoms. The molecule has 0 spiro atoms. The van der Waals surface area contributed by atoms with E-state index in [4.69, 9.17) is 0 Å². The highest BCUT2D eigenvalue weighted by molar-refractivity contribution is 6.05. The van der Waals surface area contributed by atoms with Crippen LogP contribution < -0.4 is 5.32 Å². The van der Waals surface area contributed by atoms with Crippen molar-refractivity contribution < 1.29 is 9.59 Å². The highest BCUT2D eigenvalue weighted by Crippen LogP contribution is 2.15. The van der Waals surface area contributed by atoms with Crippen molar-refractivity contribution in [2.75, 3.05) is 25.0 Å². The minimum atomic E-state index is -0.209. The fourth-order valence-electron chi connectivity index (χ4n) is 3.23. The Labute approximate surface area is 148 Å². The van der Waals surface area contributed by atoms with Crippen molar-refractivity contribution in [2.45, 2.75) is 26.2 Å². The topological polar surface area (TPSA) is 54.3 Å². The average molecular weight is 339 g/mol. The molecule has 1 aromatic heterocycles. The molecule has 0 bridgehead atoms. The van der Waals surface area contributed by atoms with E-state index in [0.717, 1.165) is 18.7 Å². The van der Waals surface area contributed by atoms with Gasteiger partial charge in [-0.3, -0.25) is 9.59 Å². The summed E-state index contributed by atoms with van der Waals surface area (Å²) in [4.78, 5) is 26.3. The summed E-state index contributed by atoms with van der Waals surface area (Å²) in [6.45, 7) is 5.03. The number of amides is 1. The molecule has 0 radical (unpaired) electrons. The van der Waals surface area contributed by atoms with E-state index in [1.165, 1.54) is 38.4 Å². The van der Waals surface area contributed by atoms with Gasteiger partial charge in [-0.2, -0.15) is 0 Å². The van der Waals surface area contributed by atoms with E-state index in [0.29, 0.717) is 11.3 Å². The summed E-state index contributed by atoms with van der Waals surface area (Å²) >= 11 is 0. The zero-order chi connectivity index (χ0) is 17.8. The highest BCUT2D eigenvalue weighted by Gasteiger charge is 2.14. The Kier molecular flexibility index (Phi) is 5.34. The van der Waals surface area contributed by atoms with Gasteiger partial charge in [-0.05, 0) is 63.0 Å². The number of carbonyl (C=O) groups excluding carboxylic acids is 2. The number of hydrogen-bond acceptors (Lipinski definition) is 3. The normalized spacial score (nSPS) is 14.6. The predicted molar refractivity (Wildman–Crippen MR) is 99.2 cm³/mol. The molecule has 1 saturated heterocycles. The van der Waals surface area contributed by atoms with Crippen LogP contribution in [-0.2, 0) is 13.5 Å². The van der Waals surface area contributed by atoms with Gasteiger partial charge in [-0.1, -0.05) is 12.1 Å². The summed E-state index contributed by atoms with van der Waals surface area (Å²) < 4.78 is 1.68. The second-order valence-electron chi connectivity index (χ2n) is 6.73. The lowest BCUT2D eigenvalue weighted by molar-refractivity contribution is 0.101. The molecule has 3 rings (SSSR count). The van der Waals surface area contributed by atoms with Gasteiger partial charge in [-0.25, -0.2) is 0 Å². The van der Waals surface area contributed by atoms with Crippen molar-refractivity contribution in [1.29, 1.82) is 0 Å². The first-order chi connectivity index (χ1) is 12.0. The number of nitrogens with zero attached hydrogens (tertiary/aromatic N) is 2. The molecule has 1 aliphatic rings. The number of Topliss-reactive ketones (excluding diaryl/α,β-unsaturated/α-hetero) is 1. The van der Waals surface area contributed by atoms with Crippen LogP contribution in [0.5, 0.6) is 0 Å². The van der Waals surface area contributed by atoms with Gasteiger partial charge in [0.05, 0.1) is 0 Å². The molecular weight excluding hydrogens is 314 g/mol. The molecule has 0 atom stereocenters. The number of rotatable bonds is 6. The number of likely N-dealkylation sites (tertiary alicyclic amines) is 1. The molecular formula is C20H25N3O2. The Hall–Kier alpha value is -2.40. The van der Waals surface area contributed by atoms with E-state index >= 15 is 0 Å². The number of ketones is 1.